The molecule has 2 atom stereocenters. The zero-order valence-corrected chi connectivity index (χ0v) is 12.3. The fourth-order valence-electron chi connectivity index (χ4n) is 2.77. The van der Waals surface area contributed by atoms with Crippen LogP contribution in [0.4, 0.5) is 0 Å². The Bertz CT molecular complexity index is 674. The van der Waals surface area contributed by atoms with Crippen LogP contribution in [0, 0.1) is 0 Å². The van der Waals surface area contributed by atoms with Crippen molar-refractivity contribution in [2.75, 3.05) is 0 Å². The van der Waals surface area contributed by atoms with E-state index in [-0.39, 0.29) is 17.6 Å². The summed E-state index contributed by atoms with van der Waals surface area (Å²) >= 11 is 6.21. The molecule has 2 aromatic rings. The lowest BCUT2D eigenvalue weighted by atomic mass is 9.92. The van der Waals surface area contributed by atoms with Crippen LogP contribution in [0.3, 0.4) is 0 Å². The predicted molar refractivity (Wildman–Crippen MR) is 82.5 cm³/mol. The van der Waals surface area contributed by atoms with Crippen LogP contribution in [0.25, 0.3) is 10.9 Å². The molecule has 2 N–H and O–H groups in total. The van der Waals surface area contributed by atoms with E-state index in [1.54, 1.807) is 6.07 Å². The number of hydrogen-bond donors (Lipinski definition) is 2. The van der Waals surface area contributed by atoms with Gasteiger partial charge in [0.1, 0.15) is 5.69 Å². The number of aromatic nitrogens is 1. The highest BCUT2D eigenvalue weighted by Gasteiger charge is 2.25. The summed E-state index contributed by atoms with van der Waals surface area (Å²) in [5.41, 5.74) is 0.982. The predicted octanol–water partition coefficient (Wildman–Crippen LogP) is 2.92. The smallest absolute Gasteiger partial charge is 0.270 e. The van der Waals surface area contributed by atoms with E-state index in [1.807, 2.05) is 24.3 Å². The van der Waals surface area contributed by atoms with E-state index in [0.717, 1.165) is 31.1 Å². The molecule has 0 aliphatic heterocycles. The van der Waals surface area contributed by atoms with Crippen LogP contribution in [-0.2, 0) is 0 Å². The number of aliphatic hydroxyl groups excluding tert-OH is 1. The number of rotatable bonds is 2. The van der Waals surface area contributed by atoms with Crippen LogP contribution in [0.2, 0.25) is 5.02 Å². The molecule has 4 nitrogen and oxygen atoms in total. The van der Waals surface area contributed by atoms with Gasteiger partial charge in [-0.2, -0.15) is 0 Å². The SMILES string of the molecule is O=C(NC1CCCCC1O)c1cc(Cl)c2ccccc2n1. The van der Waals surface area contributed by atoms with Crippen molar-refractivity contribution >= 4 is 28.4 Å². The molecule has 1 aliphatic rings. The molecule has 1 fully saturated rings. The molecule has 0 radical (unpaired) electrons. The molecule has 0 spiro atoms. The second-order valence-electron chi connectivity index (χ2n) is 5.44. The van der Waals surface area contributed by atoms with Crippen LogP contribution in [-0.4, -0.2) is 28.1 Å². The highest BCUT2D eigenvalue weighted by molar-refractivity contribution is 6.35. The molecular formula is C16H17ClN2O2. The van der Waals surface area contributed by atoms with E-state index >= 15 is 0 Å². The van der Waals surface area contributed by atoms with Crippen LogP contribution in [0.5, 0.6) is 0 Å². The van der Waals surface area contributed by atoms with Gasteiger partial charge in [0.2, 0.25) is 0 Å². The highest BCUT2D eigenvalue weighted by atomic mass is 35.5. The van der Waals surface area contributed by atoms with Gasteiger partial charge in [-0.3, -0.25) is 4.79 Å². The molecule has 1 heterocycles. The lowest BCUT2D eigenvalue weighted by molar-refractivity contribution is 0.0714. The molecule has 21 heavy (non-hydrogen) atoms. The number of amides is 1. The first-order chi connectivity index (χ1) is 10.1. The van der Waals surface area contributed by atoms with Gasteiger partial charge in [0.15, 0.2) is 0 Å². The summed E-state index contributed by atoms with van der Waals surface area (Å²) in [7, 11) is 0. The van der Waals surface area contributed by atoms with Crippen molar-refractivity contribution in [1.82, 2.24) is 10.3 Å². The van der Waals surface area contributed by atoms with Crippen LogP contribution in [0.15, 0.2) is 30.3 Å². The van der Waals surface area contributed by atoms with Gasteiger partial charge in [-0.25, -0.2) is 4.98 Å². The minimum atomic E-state index is -0.473. The summed E-state index contributed by atoms with van der Waals surface area (Å²) in [5.74, 6) is -0.284. The lowest BCUT2D eigenvalue weighted by Gasteiger charge is -2.28. The Morgan fingerprint density at radius 3 is 2.86 bits per heavy atom. The summed E-state index contributed by atoms with van der Waals surface area (Å²) in [6.45, 7) is 0. The Morgan fingerprint density at radius 2 is 2.05 bits per heavy atom. The number of fused-ring (bicyclic) bond motifs is 1. The first kappa shape index (κ1) is 14.3. The number of pyridine rings is 1. The number of nitrogens with one attached hydrogen (secondary N) is 1. The maximum absolute atomic E-state index is 12.3. The first-order valence-electron chi connectivity index (χ1n) is 7.19. The van der Waals surface area contributed by atoms with E-state index in [0.29, 0.717) is 10.5 Å². The fraction of sp³-hybridized carbons (Fsp3) is 0.375. The standard InChI is InChI=1S/C16H17ClN2O2/c17-11-9-14(18-12-6-2-1-5-10(11)12)16(21)19-13-7-3-4-8-15(13)20/h1-2,5-6,9,13,15,20H,3-4,7-8H2,(H,19,21). The maximum Gasteiger partial charge on any atom is 0.270 e. The molecule has 1 aromatic heterocycles. The number of nitrogens with zero attached hydrogens (tertiary/aromatic N) is 1. The molecule has 1 saturated carbocycles. The Hall–Kier alpha value is -1.65. The van der Waals surface area contributed by atoms with Crippen molar-refractivity contribution in [2.45, 2.75) is 37.8 Å². The quantitative estimate of drug-likeness (QED) is 0.896. The van der Waals surface area contributed by atoms with Crippen LogP contribution in [0.1, 0.15) is 36.2 Å². The molecule has 1 aromatic carbocycles. The number of carbonyl (C=O) groups excluding carboxylic acids is 1. The average Bonchev–Trinajstić information content (AvgIpc) is 2.49. The van der Waals surface area contributed by atoms with Crippen molar-refractivity contribution < 1.29 is 9.90 Å². The number of benzene rings is 1. The van der Waals surface area contributed by atoms with E-state index in [2.05, 4.69) is 10.3 Å². The summed E-state index contributed by atoms with van der Waals surface area (Å²) in [6.07, 6.45) is 3.09. The third kappa shape index (κ3) is 3.01. The topological polar surface area (TPSA) is 62.2 Å². The Balaban J connectivity index is 1.84. The molecule has 5 heteroatoms. The Labute approximate surface area is 128 Å². The van der Waals surface area contributed by atoms with Gasteiger partial charge in [-0.15, -0.1) is 0 Å². The van der Waals surface area contributed by atoms with E-state index in [4.69, 9.17) is 11.6 Å². The normalized spacial score (nSPS) is 22.2. The molecule has 0 bridgehead atoms. The van der Waals surface area contributed by atoms with E-state index < -0.39 is 6.10 Å². The minimum absolute atomic E-state index is 0.196. The third-order valence-electron chi connectivity index (χ3n) is 3.94. The first-order valence-corrected chi connectivity index (χ1v) is 7.57. The number of carbonyl (C=O) groups is 1. The van der Waals surface area contributed by atoms with Gasteiger partial charge in [-0.05, 0) is 25.0 Å². The zero-order valence-electron chi connectivity index (χ0n) is 11.6. The molecular weight excluding hydrogens is 288 g/mol. The summed E-state index contributed by atoms with van der Waals surface area (Å²) < 4.78 is 0. The maximum atomic E-state index is 12.3. The van der Waals surface area contributed by atoms with Crippen molar-refractivity contribution in [3.8, 4) is 0 Å². The summed E-state index contributed by atoms with van der Waals surface area (Å²) in [5, 5.41) is 14.1. The molecule has 110 valence electrons. The monoisotopic (exact) mass is 304 g/mol. The van der Waals surface area contributed by atoms with Gasteiger partial charge in [0.05, 0.1) is 22.7 Å². The van der Waals surface area contributed by atoms with Crippen molar-refractivity contribution in [1.29, 1.82) is 0 Å². The van der Waals surface area contributed by atoms with Gasteiger partial charge in [0, 0.05) is 5.39 Å². The van der Waals surface area contributed by atoms with Gasteiger partial charge < -0.3 is 10.4 Å². The summed E-state index contributed by atoms with van der Waals surface area (Å²) in [4.78, 5) is 16.7. The Kier molecular flexibility index (Phi) is 4.08. The second-order valence-corrected chi connectivity index (χ2v) is 5.85. The number of aliphatic hydroxyl groups is 1. The van der Waals surface area contributed by atoms with E-state index in [1.165, 1.54) is 0 Å². The lowest BCUT2D eigenvalue weighted by Crippen LogP contribution is -2.45. The van der Waals surface area contributed by atoms with E-state index in [9.17, 15) is 9.90 Å². The summed E-state index contributed by atoms with van der Waals surface area (Å²) in [6, 6.07) is 8.82. The second kappa shape index (κ2) is 6.00. The third-order valence-corrected chi connectivity index (χ3v) is 4.26. The van der Waals surface area contributed by atoms with Crippen molar-refractivity contribution in [3.63, 3.8) is 0 Å². The Morgan fingerprint density at radius 1 is 1.29 bits per heavy atom. The minimum Gasteiger partial charge on any atom is -0.391 e. The van der Waals surface area contributed by atoms with Crippen LogP contribution < -0.4 is 5.32 Å². The molecule has 1 aliphatic carbocycles. The zero-order chi connectivity index (χ0) is 14.8. The number of halogens is 1. The molecule has 3 rings (SSSR count). The van der Waals surface area contributed by atoms with Gasteiger partial charge >= 0.3 is 0 Å². The largest absolute Gasteiger partial charge is 0.391 e. The van der Waals surface area contributed by atoms with Crippen molar-refractivity contribution in [2.24, 2.45) is 0 Å². The van der Waals surface area contributed by atoms with Crippen LogP contribution >= 0.6 is 11.6 Å². The van der Waals surface area contributed by atoms with Gasteiger partial charge in [0.25, 0.3) is 5.91 Å². The fourth-order valence-corrected chi connectivity index (χ4v) is 3.03. The van der Waals surface area contributed by atoms with Crippen molar-refractivity contribution in [3.05, 3.63) is 41.0 Å². The molecule has 2 unspecified atom stereocenters. The van der Waals surface area contributed by atoms with Gasteiger partial charge in [-0.1, -0.05) is 42.6 Å². The average molecular weight is 305 g/mol. The number of hydrogen-bond acceptors (Lipinski definition) is 3. The highest BCUT2D eigenvalue weighted by Crippen LogP contribution is 2.23. The molecule has 0 saturated heterocycles. The molecule has 1 amide bonds. The number of para-hydroxylation sites is 1.